The number of rotatable bonds is 8. The summed E-state index contributed by atoms with van der Waals surface area (Å²) in [4.78, 5) is 22.7. The second-order valence-corrected chi connectivity index (χ2v) is 8.69. The number of carbonyl (C=O) groups is 1. The molecule has 0 saturated carbocycles. The molecule has 1 N–H and O–H groups in total. The van der Waals surface area contributed by atoms with Crippen molar-refractivity contribution in [2.45, 2.75) is 18.2 Å². The molecule has 0 saturated heterocycles. The number of amides is 1. The summed E-state index contributed by atoms with van der Waals surface area (Å²) in [6, 6.07) is 8.72. The predicted octanol–water partition coefficient (Wildman–Crippen LogP) is 5.55. The van der Waals surface area contributed by atoms with E-state index in [4.69, 9.17) is 39.5 Å². The highest BCUT2D eigenvalue weighted by Crippen LogP contribution is 2.32. The van der Waals surface area contributed by atoms with Gasteiger partial charge in [0, 0.05) is 24.2 Å². The van der Waals surface area contributed by atoms with Crippen molar-refractivity contribution < 1.29 is 14.5 Å². The molecule has 2 aromatic carbocycles. The fourth-order valence-corrected chi connectivity index (χ4v) is 3.99. The Balaban J connectivity index is 1.62. The molecule has 32 heavy (non-hydrogen) atoms. The zero-order valence-electron chi connectivity index (χ0n) is 16.7. The minimum atomic E-state index is -0.567. The number of ether oxygens (including phenoxy) is 1. The number of hydrogen-bond donors (Lipinski definition) is 1. The van der Waals surface area contributed by atoms with Crippen molar-refractivity contribution >= 4 is 63.8 Å². The van der Waals surface area contributed by atoms with E-state index in [1.807, 2.05) is 0 Å². The van der Waals surface area contributed by atoms with Crippen LogP contribution in [0.3, 0.4) is 0 Å². The lowest BCUT2D eigenvalue weighted by Crippen LogP contribution is -2.15. The Morgan fingerprint density at radius 3 is 2.66 bits per heavy atom. The van der Waals surface area contributed by atoms with E-state index in [1.54, 1.807) is 36.7 Å². The SMILES string of the molecule is CC(Oc1ccc(Cl)cc1Cl)c1nnc(SCC(=O)Nc2cc([N+](=O)[O-])ccc2Cl)n1C. The summed E-state index contributed by atoms with van der Waals surface area (Å²) in [6.07, 6.45) is -0.474. The molecule has 0 radical (unpaired) electrons. The van der Waals surface area contributed by atoms with Crippen LogP contribution in [0, 0.1) is 10.1 Å². The molecule has 3 rings (SSSR count). The zero-order chi connectivity index (χ0) is 23.4. The van der Waals surface area contributed by atoms with E-state index in [9.17, 15) is 14.9 Å². The number of aromatic nitrogens is 3. The summed E-state index contributed by atoms with van der Waals surface area (Å²) < 4.78 is 7.56. The van der Waals surface area contributed by atoms with Crippen molar-refractivity contribution in [1.82, 2.24) is 14.8 Å². The first-order valence-electron chi connectivity index (χ1n) is 9.03. The van der Waals surface area contributed by atoms with Gasteiger partial charge < -0.3 is 14.6 Å². The molecular formula is C19H16Cl3N5O4S. The van der Waals surface area contributed by atoms with Crippen molar-refractivity contribution in [3.63, 3.8) is 0 Å². The van der Waals surface area contributed by atoms with Crippen LogP contribution >= 0.6 is 46.6 Å². The minimum absolute atomic E-state index is 0.0107. The average Bonchev–Trinajstić information content (AvgIpc) is 3.10. The number of non-ortho nitro benzene ring substituents is 1. The quantitative estimate of drug-likeness (QED) is 0.237. The van der Waals surface area contributed by atoms with E-state index in [0.717, 1.165) is 11.8 Å². The van der Waals surface area contributed by atoms with Gasteiger partial charge in [-0.15, -0.1) is 10.2 Å². The number of nitro groups is 1. The minimum Gasteiger partial charge on any atom is -0.481 e. The summed E-state index contributed by atoms with van der Waals surface area (Å²) in [6.45, 7) is 1.79. The average molecular weight is 517 g/mol. The smallest absolute Gasteiger partial charge is 0.271 e. The van der Waals surface area contributed by atoms with Crippen LogP contribution in [-0.2, 0) is 11.8 Å². The lowest BCUT2D eigenvalue weighted by molar-refractivity contribution is -0.384. The van der Waals surface area contributed by atoms with E-state index < -0.39 is 16.9 Å². The molecule has 0 spiro atoms. The van der Waals surface area contributed by atoms with Crippen LogP contribution < -0.4 is 10.1 Å². The summed E-state index contributed by atoms with van der Waals surface area (Å²) in [5, 5.41) is 23.3. The highest BCUT2D eigenvalue weighted by Gasteiger charge is 2.19. The Hall–Kier alpha value is -2.53. The van der Waals surface area contributed by atoms with Gasteiger partial charge >= 0.3 is 0 Å². The maximum absolute atomic E-state index is 12.3. The van der Waals surface area contributed by atoms with Crippen molar-refractivity contribution in [3.8, 4) is 5.75 Å². The topological polar surface area (TPSA) is 112 Å². The number of thioether (sulfide) groups is 1. The number of anilines is 1. The molecule has 1 amide bonds. The first kappa shape index (κ1) is 24.1. The fourth-order valence-electron chi connectivity index (χ4n) is 2.66. The Labute approximate surface area is 202 Å². The van der Waals surface area contributed by atoms with Gasteiger partial charge in [-0.3, -0.25) is 14.9 Å². The van der Waals surface area contributed by atoms with Gasteiger partial charge in [-0.25, -0.2) is 0 Å². The lowest BCUT2D eigenvalue weighted by Gasteiger charge is -2.15. The molecule has 1 aromatic heterocycles. The monoisotopic (exact) mass is 515 g/mol. The van der Waals surface area contributed by atoms with Crippen molar-refractivity contribution in [2.75, 3.05) is 11.1 Å². The van der Waals surface area contributed by atoms with Crippen molar-refractivity contribution in [2.24, 2.45) is 7.05 Å². The molecule has 1 unspecified atom stereocenters. The third-order valence-electron chi connectivity index (χ3n) is 4.20. The van der Waals surface area contributed by atoms with E-state index >= 15 is 0 Å². The molecule has 0 bridgehead atoms. The van der Waals surface area contributed by atoms with Gasteiger partial charge in [-0.2, -0.15) is 0 Å². The Morgan fingerprint density at radius 2 is 1.97 bits per heavy atom. The molecule has 0 aliphatic heterocycles. The number of nitrogens with one attached hydrogen (secondary N) is 1. The van der Waals surface area contributed by atoms with Gasteiger partial charge in [0.2, 0.25) is 5.91 Å². The van der Waals surface area contributed by atoms with Crippen LogP contribution in [0.15, 0.2) is 41.6 Å². The van der Waals surface area contributed by atoms with Crippen LogP contribution in [0.1, 0.15) is 18.9 Å². The molecule has 0 fully saturated rings. The van der Waals surface area contributed by atoms with E-state index in [2.05, 4.69) is 15.5 Å². The van der Waals surface area contributed by atoms with Crippen LogP contribution in [0.25, 0.3) is 0 Å². The number of hydrogen-bond acceptors (Lipinski definition) is 7. The molecule has 1 atom stereocenters. The third kappa shape index (κ3) is 5.83. The summed E-state index contributed by atoms with van der Waals surface area (Å²) in [5.74, 6) is 0.567. The molecule has 0 aliphatic carbocycles. The first-order chi connectivity index (χ1) is 15.2. The second kappa shape index (κ2) is 10.4. The Morgan fingerprint density at radius 1 is 1.22 bits per heavy atom. The van der Waals surface area contributed by atoms with Gasteiger partial charge in [-0.05, 0) is 31.2 Å². The van der Waals surface area contributed by atoms with Crippen LogP contribution in [0.2, 0.25) is 15.1 Å². The molecule has 13 heteroatoms. The predicted molar refractivity (Wildman–Crippen MR) is 124 cm³/mol. The Bertz CT molecular complexity index is 1170. The zero-order valence-corrected chi connectivity index (χ0v) is 19.8. The van der Waals surface area contributed by atoms with Crippen LogP contribution in [0.4, 0.5) is 11.4 Å². The fraction of sp³-hybridized carbons (Fsp3) is 0.211. The van der Waals surface area contributed by atoms with Gasteiger partial charge in [0.25, 0.3) is 5.69 Å². The number of nitro benzene ring substituents is 1. The normalized spacial score (nSPS) is 11.8. The second-order valence-electron chi connectivity index (χ2n) is 6.49. The molecule has 3 aromatic rings. The van der Waals surface area contributed by atoms with Gasteiger partial charge in [0.05, 0.1) is 26.4 Å². The largest absolute Gasteiger partial charge is 0.481 e. The lowest BCUT2D eigenvalue weighted by atomic mass is 10.3. The summed E-state index contributed by atoms with van der Waals surface area (Å²) in [5.41, 5.74) is -0.0166. The maximum Gasteiger partial charge on any atom is 0.271 e. The number of nitrogens with zero attached hydrogens (tertiary/aromatic N) is 4. The van der Waals surface area contributed by atoms with E-state index in [0.29, 0.717) is 26.8 Å². The van der Waals surface area contributed by atoms with E-state index in [-0.39, 0.29) is 22.2 Å². The van der Waals surface area contributed by atoms with E-state index in [1.165, 1.54) is 18.2 Å². The van der Waals surface area contributed by atoms with Crippen LogP contribution in [-0.4, -0.2) is 31.3 Å². The number of carbonyl (C=O) groups excluding carboxylic acids is 1. The standard InChI is InChI=1S/C19H16Cl3N5O4S/c1-10(31-16-6-3-11(20)7-14(16)22)18-24-25-19(26(18)2)32-9-17(28)23-15-8-12(27(29)30)4-5-13(15)21/h3-8,10H,9H2,1-2H3,(H,23,28). The molecule has 0 aliphatic rings. The number of halogens is 3. The first-order valence-corrected chi connectivity index (χ1v) is 11.1. The van der Waals surface area contributed by atoms with Crippen molar-refractivity contribution in [3.05, 3.63) is 67.4 Å². The van der Waals surface area contributed by atoms with Gasteiger partial charge in [0.1, 0.15) is 5.75 Å². The van der Waals surface area contributed by atoms with Crippen LogP contribution in [0.5, 0.6) is 5.75 Å². The molecule has 1 heterocycles. The highest BCUT2D eigenvalue weighted by atomic mass is 35.5. The van der Waals surface area contributed by atoms with Gasteiger partial charge in [-0.1, -0.05) is 46.6 Å². The summed E-state index contributed by atoms with van der Waals surface area (Å²) in [7, 11) is 1.75. The van der Waals surface area contributed by atoms with Crippen molar-refractivity contribution in [1.29, 1.82) is 0 Å². The maximum atomic E-state index is 12.3. The molecule has 168 valence electrons. The third-order valence-corrected chi connectivity index (χ3v) is 6.08. The molecule has 9 nitrogen and oxygen atoms in total. The molecular weight excluding hydrogens is 501 g/mol. The Kier molecular flexibility index (Phi) is 7.83. The summed E-state index contributed by atoms with van der Waals surface area (Å²) >= 11 is 19.2. The number of benzene rings is 2. The van der Waals surface area contributed by atoms with Gasteiger partial charge in [0.15, 0.2) is 17.1 Å². The highest BCUT2D eigenvalue weighted by molar-refractivity contribution is 7.99.